The second-order valence-corrected chi connectivity index (χ2v) is 4.98. The molecular formula is C10H16N2OS. The van der Waals surface area contributed by atoms with Gasteiger partial charge in [-0.05, 0) is 25.5 Å². The first kappa shape index (κ1) is 11.4. The maximum absolute atomic E-state index is 11.7. The van der Waals surface area contributed by atoms with Crippen molar-refractivity contribution in [3.63, 3.8) is 0 Å². The Labute approximate surface area is 89.2 Å². The third-order valence-electron chi connectivity index (χ3n) is 2.72. The first-order chi connectivity index (χ1) is 6.62. The Morgan fingerprint density at radius 3 is 2.93 bits per heavy atom. The number of nitrogens with one attached hydrogen (secondary N) is 1. The molecule has 1 aliphatic heterocycles. The van der Waals surface area contributed by atoms with Gasteiger partial charge in [-0.1, -0.05) is 6.92 Å². The van der Waals surface area contributed by atoms with Crippen LogP contribution in [0.4, 0.5) is 0 Å². The predicted octanol–water partition coefficient (Wildman–Crippen LogP) is 1.55. The largest absolute Gasteiger partial charge is 0.351 e. The third-order valence-corrected chi connectivity index (χ3v) is 3.88. The lowest BCUT2D eigenvalue weighted by molar-refractivity contribution is -0.128. The zero-order valence-electron chi connectivity index (χ0n) is 8.67. The van der Waals surface area contributed by atoms with Crippen molar-refractivity contribution in [3.8, 4) is 6.07 Å². The molecule has 1 rings (SSSR count). The van der Waals surface area contributed by atoms with Gasteiger partial charge in [-0.3, -0.25) is 4.79 Å². The Morgan fingerprint density at radius 1 is 1.79 bits per heavy atom. The summed E-state index contributed by atoms with van der Waals surface area (Å²) in [6.07, 6.45) is 1.59. The van der Waals surface area contributed by atoms with Gasteiger partial charge in [-0.15, -0.1) is 0 Å². The van der Waals surface area contributed by atoms with E-state index >= 15 is 0 Å². The summed E-state index contributed by atoms with van der Waals surface area (Å²) in [5.41, 5.74) is -0.854. The van der Waals surface area contributed by atoms with Gasteiger partial charge in [0.2, 0.25) is 5.91 Å². The molecule has 0 spiro atoms. The average molecular weight is 212 g/mol. The lowest BCUT2D eigenvalue weighted by atomic mass is 9.88. The Bertz CT molecular complexity index is 255. The van der Waals surface area contributed by atoms with E-state index in [0.29, 0.717) is 6.42 Å². The smallest absolute Gasteiger partial charge is 0.240 e. The van der Waals surface area contributed by atoms with E-state index in [1.165, 1.54) is 0 Å². The minimum atomic E-state index is -0.854. The molecule has 1 fully saturated rings. The lowest BCUT2D eigenvalue weighted by Crippen LogP contribution is -2.43. The molecule has 4 heteroatoms. The van der Waals surface area contributed by atoms with Gasteiger partial charge in [0.25, 0.3) is 0 Å². The highest BCUT2D eigenvalue weighted by molar-refractivity contribution is 7.99. The molecule has 2 atom stereocenters. The van der Waals surface area contributed by atoms with Crippen LogP contribution in [0.2, 0.25) is 0 Å². The fraction of sp³-hybridized carbons (Fsp3) is 0.800. The first-order valence-electron chi connectivity index (χ1n) is 4.92. The molecule has 1 saturated heterocycles. The zero-order chi connectivity index (χ0) is 10.6. The van der Waals surface area contributed by atoms with Crippen LogP contribution in [0.25, 0.3) is 0 Å². The molecule has 0 radical (unpaired) electrons. The number of amides is 1. The van der Waals surface area contributed by atoms with Crippen LogP contribution in [0.1, 0.15) is 26.7 Å². The molecule has 0 aromatic heterocycles. The highest BCUT2D eigenvalue weighted by Gasteiger charge is 2.33. The number of rotatable bonds is 3. The normalized spacial score (nSPS) is 25.1. The van der Waals surface area contributed by atoms with Gasteiger partial charge in [0.05, 0.1) is 6.07 Å². The predicted molar refractivity (Wildman–Crippen MR) is 57.9 cm³/mol. The summed E-state index contributed by atoms with van der Waals surface area (Å²) in [4.78, 5) is 11.7. The van der Waals surface area contributed by atoms with Crippen molar-refractivity contribution in [2.45, 2.75) is 32.7 Å². The van der Waals surface area contributed by atoms with E-state index in [9.17, 15) is 4.79 Å². The van der Waals surface area contributed by atoms with Crippen LogP contribution >= 0.6 is 11.8 Å². The summed E-state index contributed by atoms with van der Waals surface area (Å²) in [7, 11) is 0. The van der Waals surface area contributed by atoms with E-state index in [2.05, 4.69) is 11.4 Å². The molecule has 3 nitrogen and oxygen atoms in total. The van der Waals surface area contributed by atoms with Gasteiger partial charge >= 0.3 is 0 Å². The van der Waals surface area contributed by atoms with Gasteiger partial charge in [0.15, 0.2) is 0 Å². The van der Waals surface area contributed by atoms with E-state index in [0.717, 1.165) is 17.9 Å². The van der Waals surface area contributed by atoms with Gasteiger partial charge in [0, 0.05) is 11.8 Å². The van der Waals surface area contributed by atoms with Crippen LogP contribution in [0.3, 0.4) is 0 Å². The van der Waals surface area contributed by atoms with E-state index in [4.69, 9.17) is 5.26 Å². The number of carbonyl (C=O) groups is 1. The number of hydrogen-bond acceptors (Lipinski definition) is 3. The van der Waals surface area contributed by atoms with E-state index in [1.807, 2.05) is 18.7 Å². The Hall–Kier alpha value is -0.690. The number of nitrogens with zero attached hydrogens (tertiary/aromatic N) is 1. The zero-order valence-corrected chi connectivity index (χ0v) is 9.49. The molecule has 0 aliphatic carbocycles. The number of nitriles is 1. The van der Waals surface area contributed by atoms with Crippen LogP contribution in [-0.4, -0.2) is 23.5 Å². The fourth-order valence-corrected chi connectivity index (χ4v) is 2.44. The van der Waals surface area contributed by atoms with Crippen LogP contribution in [-0.2, 0) is 4.79 Å². The highest BCUT2D eigenvalue weighted by Crippen LogP contribution is 2.22. The van der Waals surface area contributed by atoms with E-state index in [1.54, 1.807) is 6.92 Å². The molecule has 0 aromatic rings. The average Bonchev–Trinajstić information content (AvgIpc) is 2.69. The molecule has 1 aliphatic rings. The Kier molecular flexibility index (Phi) is 3.82. The van der Waals surface area contributed by atoms with Crippen molar-refractivity contribution in [1.82, 2.24) is 5.32 Å². The SMILES string of the molecule is CCC(C)(C#N)C(=O)NC1CCSC1. The summed E-state index contributed by atoms with van der Waals surface area (Å²) < 4.78 is 0. The van der Waals surface area contributed by atoms with Crippen molar-refractivity contribution < 1.29 is 4.79 Å². The number of carbonyl (C=O) groups excluding carboxylic acids is 1. The quantitative estimate of drug-likeness (QED) is 0.772. The van der Waals surface area contributed by atoms with Gasteiger partial charge in [0.1, 0.15) is 5.41 Å². The van der Waals surface area contributed by atoms with Crippen LogP contribution in [0.5, 0.6) is 0 Å². The maximum atomic E-state index is 11.7. The molecule has 0 saturated carbocycles. The monoisotopic (exact) mass is 212 g/mol. The Balaban J connectivity index is 2.52. The van der Waals surface area contributed by atoms with E-state index in [-0.39, 0.29) is 11.9 Å². The summed E-state index contributed by atoms with van der Waals surface area (Å²) in [6.45, 7) is 3.57. The van der Waals surface area contributed by atoms with Crippen molar-refractivity contribution in [1.29, 1.82) is 5.26 Å². The van der Waals surface area contributed by atoms with E-state index < -0.39 is 5.41 Å². The molecule has 1 N–H and O–H groups in total. The second-order valence-electron chi connectivity index (χ2n) is 3.83. The summed E-state index contributed by atoms with van der Waals surface area (Å²) in [5, 5.41) is 11.9. The van der Waals surface area contributed by atoms with Crippen molar-refractivity contribution in [2.75, 3.05) is 11.5 Å². The third kappa shape index (κ3) is 2.42. The maximum Gasteiger partial charge on any atom is 0.240 e. The standard InChI is InChI=1S/C10H16N2OS/c1-3-10(2,7-11)9(13)12-8-4-5-14-6-8/h8H,3-6H2,1-2H3,(H,12,13). The van der Waals surface area contributed by atoms with Crippen LogP contribution in [0.15, 0.2) is 0 Å². The topological polar surface area (TPSA) is 52.9 Å². The minimum absolute atomic E-state index is 0.116. The molecule has 78 valence electrons. The summed E-state index contributed by atoms with van der Waals surface area (Å²) in [5.74, 6) is 1.98. The lowest BCUT2D eigenvalue weighted by Gasteiger charge is -2.21. The fourth-order valence-electron chi connectivity index (χ4n) is 1.28. The number of hydrogen-bond donors (Lipinski definition) is 1. The van der Waals surface area contributed by atoms with Gasteiger partial charge in [-0.25, -0.2) is 0 Å². The second kappa shape index (κ2) is 4.70. The Morgan fingerprint density at radius 2 is 2.50 bits per heavy atom. The van der Waals surface area contributed by atoms with Crippen LogP contribution in [0, 0.1) is 16.7 Å². The molecular weight excluding hydrogens is 196 g/mol. The number of thioether (sulfide) groups is 1. The van der Waals surface area contributed by atoms with Crippen molar-refractivity contribution in [2.24, 2.45) is 5.41 Å². The molecule has 2 unspecified atom stereocenters. The van der Waals surface area contributed by atoms with Crippen molar-refractivity contribution >= 4 is 17.7 Å². The van der Waals surface area contributed by atoms with Gasteiger partial charge in [-0.2, -0.15) is 17.0 Å². The molecule has 0 bridgehead atoms. The minimum Gasteiger partial charge on any atom is -0.351 e. The summed E-state index contributed by atoms with van der Waals surface area (Å²) in [6, 6.07) is 2.35. The van der Waals surface area contributed by atoms with Crippen LogP contribution < -0.4 is 5.32 Å². The molecule has 1 amide bonds. The highest BCUT2D eigenvalue weighted by atomic mass is 32.2. The molecule has 1 heterocycles. The molecule has 14 heavy (non-hydrogen) atoms. The summed E-state index contributed by atoms with van der Waals surface area (Å²) >= 11 is 1.85. The van der Waals surface area contributed by atoms with Crippen molar-refractivity contribution in [3.05, 3.63) is 0 Å². The van der Waals surface area contributed by atoms with Gasteiger partial charge < -0.3 is 5.32 Å². The first-order valence-corrected chi connectivity index (χ1v) is 6.08. The molecule has 0 aromatic carbocycles.